The molecule has 9 aromatic rings. The molecule has 0 amide bonds. The first-order valence-electron chi connectivity index (χ1n) is 20.4. The second kappa shape index (κ2) is 14.2. The van der Waals surface area contributed by atoms with Gasteiger partial charge in [0.15, 0.2) is 0 Å². The number of aromatic nitrogens is 2. The van der Waals surface area contributed by atoms with E-state index in [-0.39, 0.29) is 26.6 Å². The third-order valence-corrected chi connectivity index (χ3v) is 12.2. The van der Waals surface area contributed by atoms with Crippen LogP contribution in [0.25, 0.3) is 49.9 Å². The molecule has 60 heavy (non-hydrogen) atoms. The van der Waals surface area contributed by atoms with E-state index in [4.69, 9.17) is 9.92 Å². The molecule has 0 unspecified atom stereocenters. The van der Waals surface area contributed by atoms with Gasteiger partial charge in [-0.15, -0.1) is 38.8 Å². The number of para-hydroxylation sites is 3. The molecule has 0 bridgehead atoms. The molecule has 11 rings (SSSR count). The van der Waals surface area contributed by atoms with Crippen LogP contribution in [0.5, 0.6) is 0 Å². The summed E-state index contributed by atoms with van der Waals surface area (Å²) in [5.41, 5.74) is 15.9. The Morgan fingerprint density at radius 2 is 1.23 bits per heavy atom. The van der Waals surface area contributed by atoms with Gasteiger partial charge >= 0.3 is 0 Å². The average molecular weight is 959 g/mol. The molecule has 0 atom stereocenters. The van der Waals surface area contributed by atoms with Crippen LogP contribution < -0.4 is 10.1 Å². The van der Waals surface area contributed by atoms with Gasteiger partial charge in [-0.2, -0.15) is 35.3 Å². The summed E-state index contributed by atoms with van der Waals surface area (Å²) in [5, 5.41) is 6.45. The summed E-state index contributed by atoms with van der Waals surface area (Å²) in [7, 11) is 0. The minimum absolute atomic E-state index is 0. The molecule has 2 aromatic heterocycles. The number of anilines is 3. The van der Waals surface area contributed by atoms with Crippen LogP contribution in [0, 0.1) is 26.0 Å². The molecule has 0 saturated heterocycles. The van der Waals surface area contributed by atoms with Crippen molar-refractivity contribution < 1.29 is 26.0 Å². The Labute approximate surface area is 365 Å². The molecule has 0 fully saturated rings. The Balaban J connectivity index is 0.00000433. The Hall–Kier alpha value is -6.26. The normalized spacial score (nSPS) is 13.9. The van der Waals surface area contributed by atoms with E-state index in [0.717, 1.165) is 61.4 Å². The molecular weight excluding hydrogens is 916 g/mol. The molecule has 296 valence electrons. The number of benzene rings is 7. The minimum atomic E-state index is -0.741. The van der Waals surface area contributed by atoms with Gasteiger partial charge in [0.05, 0.1) is 0 Å². The molecule has 0 spiro atoms. The van der Waals surface area contributed by atoms with Gasteiger partial charge < -0.3 is 4.57 Å². The van der Waals surface area contributed by atoms with E-state index in [9.17, 15) is 0 Å². The van der Waals surface area contributed by atoms with Crippen LogP contribution >= 0.6 is 0 Å². The van der Waals surface area contributed by atoms with Gasteiger partial charge in [0.25, 0.3) is 0 Å². The fourth-order valence-corrected chi connectivity index (χ4v) is 9.76. The van der Waals surface area contributed by atoms with Gasteiger partial charge in [-0.3, -0.25) is 0 Å². The van der Waals surface area contributed by atoms with Crippen LogP contribution in [0.1, 0.15) is 54.2 Å². The molecule has 2 aliphatic rings. The third-order valence-electron chi connectivity index (χ3n) is 12.2. The smallest absolute Gasteiger partial charge is 0.145 e. The Morgan fingerprint density at radius 3 is 1.97 bits per heavy atom. The Morgan fingerprint density at radius 1 is 0.600 bits per heavy atom. The Bertz CT molecular complexity index is 3070. The maximum absolute atomic E-state index is 5.22. The van der Waals surface area contributed by atoms with Gasteiger partial charge in [-0.25, -0.2) is 4.98 Å². The quantitative estimate of drug-likeness (QED) is 0.127. The van der Waals surface area contributed by atoms with Gasteiger partial charge in [0.2, 0.25) is 0 Å². The van der Waals surface area contributed by atoms with E-state index in [1.165, 1.54) is 38.9 Å². The van der Waals surface area contributed by atoms with Crippen LogP contribution in [-0.4, -0.2) is 20.0 Å². The average Bonchev–Trinajstić information content (AvgIpc) is 3.91. The van der Waals surface area contributed by atoms with Crippen LogP contribution in [-0.2, 0) is 26.5 Å². The SMILES string of the molecule is Cc1cccc(C)c1-c1ccnc(-n2c3[c-]c(C4(c5[c-]c(N6[OH+]N(C(C)(C)C)c7ccccc76)ccc5)c5ccccc5-c5ccccc54)ccc3c3ccccc32)c1.[Pt]. The van der Waals surface area contributed by atoms with Crippen LogP contribution in [0.15, 0.2) is 164 Å². The zero-order chi connectivity index (χ0) is 40.0. The van der Waals surface area contributed by atoms with E-state index >= 15 is 0 Å². The van der Waals surface area contributed by atoms with Crippen molar-refractivity contribution in [3.05, 3.63) is 209 Å². The fourth-order valence-electron chi connectivity index (χ4n) is 9.76. The molecule has 6 heteroatoms. The molecule has 7 aromatic carbocycles. The molecule has 0 radical (unpaired) electrons. The summed E-state index contributed by atoms with van der Waals surface area (Å²) in [4.78, 5) is 10.3. The van der Waals surface area contributed by atoms with Gasteiger partial charge in [0, 0.05) is 43.9 Å². The summed E-state index contributed by atoms with van der Waals surface area (Å²) in [5.74, 6) is 0.859. The van der Waals surface area contributed by atoms with E-state index in [0.29, 0.717) is 0 Å². The number of nitrogens with zero attached hydrogens (tertiary/aromatic N) is 4. The first-order chi connectivity index (χ1) is 28.7. The molecule has 1 N–H and O–H groups in total. The molecule has 1 aliphatic carbocycles. The van der Waals surface area contributed by atoms with Crippen molar-refractivity contribution in [2.24, 2.45) is 0 Å². The van der Waals surface area contributed by atoms with E-state index < -0.39 is 5.41 Å². The summed E-state index contributed by atoms with van der Waals surface area (Å²) in [6.07, 6.45) is 1.94. The number of hydroxylamine groups is 1. The standard InChI is InChI=1S/C54H42N4O.Pt/c1-35-16-14-17-36(2)52(35)37-30-31-55-51(32-37)56-47-25-11-8-22-43(47)44-29-28-39(34-50(44)56)54(45-23-9-6-20-41(45)42-21-7-10-24-46(42)54)38-18-15-19-40(33-38)57-48-26-12-13-27-49(48)58(59-57)53(3,4)5;/h6-32H,1-5H3;/q-2;/p+1. The number of hydrogen-bond donors (Lipinski definition) is 0. The molecule has 5 nitrogen and oxygen atoms in total. The number of aryl methyl sites for hydroxylation is 2. The van der Waals surface area contributed by atoms with Crippen molar-refractivity contribution >= 4 is 38.9 Å². The second-order valence-corrected chi connectivity index (χ2v) is 16.8. The van der Waals surface area contributed by atoms with E-state index in [1.54, 1.807) is 0 Å². The number of fused-ring (bicyclic) bond motifs is 7. The van der Waals surface area contributed by atoms with Crippen LogP contribution in [0.4, 0.5) is 17.1 Å². The van der Waals surface area contributed by atoms with Crippen molar-refractivity contribution in [1.29, 1.82) is 0 Å². The molecule has 0 saturated carbocycles. The topological polar surface area (TPSA) is 37.1 Å². The van der Waals surface area contributed by atoms with E-state index in [1.807, 2.05) is 11.3 Å². The minimum Gasteiger partial charge on any atom is -0.319 e. The third kappa shape index (κ3) is 5.56. The first-order valence-corrected chi connectivity index (χ1v) is 20.4. The van der Waals surface area contributed by atoms with E-state index in [2.05, 4.69) is 214 Å². The fraction of sp³-hybridized carbons (Fsp3) is 0.130. The predicted octanol–water partition coefficient (Wildman–Crippen LogP) is 13.0. The van der Waals surface area contributed by atoms with Crippen molar-refractivity contribution in [2.75, 3.05) is 10.1 Å². The maximum atomic E-state index is 5.22. The van der Waals surface area contributed by atoms with Gasteiger partial charge in [-0.05, 0) is 115 Å². The first kappa shape index (κ1) is 38.0. The molecular formula is C54H43N4OPt-. The number of rotatable bonds is 5. The summed E-state index contributed by atoms with van der Waals surface area (Å²) < 4.78 is 2.30. The molecule has 3 heterocycles. The van der Waals surface area contributed by atoms with Crippen molar-refractivity contribution in [1.82, 2.24) is 9.55 Å². The monoisotopic (exact) mass is 958 g/mol. The van der Waals surface area contributed by atoms with Crippen LogP contribution in [0.3, 0.4) is 0 Å². The summed E-state index contributed by atoms with van der Waals surface area (Å²) >= 11 is 0. The van der Waals surface area contributed by atoms with Gasteiger partial charge in [0.1, 0.15) is 22.7 Å². The van der Waals surface area contributed by atoms with Crippen LogP contribution in [0.2, 0.25) is 0 Å². The van der Waals surface area contributed by atoms with Crippen molar-refractivity contribution in [3.63, 3.8) is 0 Å². The largest absolute Gasteiger partial charge is 0.319 e. The van der Waals surface area contributed by atoms with Crippen molar-refractivity contribution in [2.45, 2.75) is 45.6 Å². The van der Waals surface area contributed by atoms with Gasteiger partial charge in [-0.1, -0.05) is 103 Å². The maximum Gasteiger partial charge on any atom is 0.145 e. The Kier molecular flexibility index (Phi) is 8.98. The number of pyridine rings is 1. The second-order valence-electron chi connectivity index (χ2n) is 16.8. The predicted molar refractivity (Wildman–Crippen MR) is 241 cm³/mol. The zero-order valence-electron chi connectivity index (χ0n) is 34.1. The zero-order valence-corrected chi connectivity index (χ0v) is 36.4. The summed E-state index contributed by atoms with van der Waals surface area (Å²) in [6, 6.07) is 64.8. The van der Waals surface area contributed by atoms with Crippen molar-refractivity contribution in [3.8, 4) is 28.1 Å². The number of hydrogen-bond acceptors (Lipinski definition) is 3. The molecule has 1 aliphatic heterocycles. The summed E-state index contributed by atoms with van der Waals surface area (Å²) in [6.45, 7) is 10.9.